The van der Waals surface area contributed by atoms with Crippen molar-refractivity contribution in [2.24, 2.45) is 0 Å². The standard InChI is InChI=1S/C8H14NO4PSe/c1-2-11-8(10)7-5-3-4-6-9(7)14(15)12-13-14/h7H,2-6H2,1H3. The van der Waals surface area contributed by atoms with Crippen molar-refractivity contribution < 1.29 is 18.9 Å². The Morgan fingerprint density at radius 1 is 1.60 bits per heavy atom. The van der Waals surface area contributed by atoms with E-state index < -0.39 is 6.11 Å². The first kappa shape index (κ1) is 11.8. The van der Waals surface area contributed by atoms with E-state index in [1.165, 1.54) is 0 Å². The molecule has 7 heteroatoms. The number of carbonyl (C=O) groups excluding carboxylic acids is 1. The van der Waals surface area contributed by atoms with Gasteiger partial charge in [-0.05, 0) is 0 Å². The number of hydrogen-bond donors (Lipinski definition) is 0. The fraction of sp³-hybridized carbons (Fsp3) is 0.875. The van der Waals surface area contributed by atoms with Gasteiger partial charge in [-0.3, -0.25) is 0 Å². The predicted molar refractivity (Wildman–Crippen MR) is 55.8 cm³/mol. The van der Waals surface area contributed by atoms with E-state index in [1.54, 1.807) is 0 Å². The van der Waals surface area contributed by atoms with Crippen molar-refractivity contribution in [2.45, 2.75) is 32.2 Å². The molecule has 86 valence electrons. The fourth-order valence-electron chi connectivity index (χ4n) is 1.80. The third kappa shape index (κ3) is 2.52. The first-order chi connectivity index (χ1) is 7.17. The fourth-order valence-corrected chi connectivity index (χ4v) is 4.88. The monoisotopic (exact) mass is 299 g/mol. The van der Waals surface area contributed by atoms with E-state index in [2.05, 4.69) is 15.1 Å². The molecule has 2 rings (SSSR count). The van der Waals surface area contributed by atoms with Crippen LogP contribution in [0.5, 0.6) is 0 Å². The number of piperidine rings is 1. The number of carbonyl (C=O) groups is 1. The maximum absolute atomic E-state index is 11.7. The Morgan fingerprint density at radius 3 is 2.93 bits per heavy atom. The molecule has 0 spiro atoms. The molecule has 0 N–H and O–H groups in total. The Labute approximate surface area is 96.4 Å². The van der Waals surface area contributed by atoms with Gasteiger partial charge in [0.15, 0.2) is 0 Å². The van der Waals surface area contributed by atoms with Crippen LogP contribution in [0.3, 0.4) is 0 Å². The van der Waals surface area contributed by atoms with Crippen molar-refractivity contribution in [3.63, 3.8) is 0 Å². The molecule has 0 saturated carbocycles. The van der Waals surface area contributed by atoms with Crippen LogP contribution in [0.4, 0.5) is 0 Å². The average molecular weight is 298 g/mol. The number of hydrogen-bond acceptors (Lipinski definition) is 5. The summed E-state index contributed by atoms with van der Waals surface area (Å²) in [5.41, 5.74) is 0. The number of nitrogens with zero attached hydrogens (tertiary/aromatic N) is 1. The maximum atomic E-state index is 11.7. The van der Waals surface area contributed by atoms with Crippen LogP contribution < -0.4 is 0 Å². The predicted octanol–water partition coefficient (Wildman–Crippen LogP) is 1.21. The summed E-state index contributed by atoms with van der Waals surface area (Å²) < 4.78 is 17.0. The topological polar surface area (TPSA) is 54.6 Å². The van der Waals surface area contributed by atoms with Gasteiger partial charge in [0.05, 0.1) is 0 Å². The van der Waals surface area contributed by atoms with E-state index in [0.717, 1.165) is 25.8 Å². The second-order valence-corrected chi connectivity index (χ2v) is 8.20. The number of ether oxygens (including phenoxy) is 1. The zero-order chi connectivity index (χ0) is 10.9. The zero-order valence-electron chi connectivity index (χ0n) is 8.55. The molecule has 2 fully saturated rings. The summed E-state index contributed by atoms with van der Waals surface area (Å²) in [6, 6.07) is -0.198. The Kier molecular flexibility index (Phi) is 3.66. The molecule has 2 aliphatic heterocycles. The first-order valence-electron chi connectivity index (χ1n) is 5.09. The molecule has 1 atom stereocenters. The van der Waals surface area contributed by atoms with Gasteiger partial charge in [0.1, 0.15) is 0 Å². The Morgan fingerprint density at radius 2 is 2.33 bits per heavy atom. The summed E-state index contributed by atoms with van der Waals surface area (Å²) in [7, 11) is 0. The van der Waals surface area contributed by atoms with E-state index in [1.807, 2.05) is 11.6 Å². The molecule has 0 aromatic heterocycles. The van der Waals surface area contributed by atoms with Crippen LogP contribution in [0, 0.1) is 0 Å². The van der Waals surface area contributed by atoms with Crippen molar-refractivity contribution in [1.82, 2.24) is 4.67 Å². The normalized spacial score (nSPS) is 29.8. The van der Waals surface area contributed by atoms with Gasteiger partial charge in [0.25, 0.3) is 0 Å². The number of rotatable bonds is 3. The van der Waals surface area contributed by atoms with Gasteiger partial charge in [-0.25, -0.2) is 0 Å². The molecule has 2 heterocycles. The summed E-state index contributed by atoms with van der Waals surface area (Å²) in [6.45, 7) is 3.08. The molecule has 0 bridgehead atoms. The van der Waals surface area contributed by atoms with Crippen molar-refractivity contribution in [1.29, 1.82) is 0 Å². The Hall–Kier alpha value is 0.299. The molecule has 0 aliphatic carbocycles. The molecule has 0 aromatic carbocycles. The minimum absolute atomic E-state index is 0.161. The van der Waals surface area contributed by atoms with Gasteiger partial charge in [0.2, 0.25) is 0 Å². The molecule has 2 saturated heterocycles. The summed E-state index contributed by atoms with van der Waals surface area (Å²) >= 11 is 2.91. The average Bonchev–Trinajstić information content (AvgIpc) is 2.98. The van der Waals surface area contributed by atoms with Crippen molar-refractivity contribution >= 4 is 27.2 Å². The van der Waals surface area contributed by atoms with Crippen LogP contribution in [-0.2, 0) is 18.9 Å². The second-order valence-electron chi connectivity index (χ2n) is 3.54. The van der Waals surface area contributed by atoms with Crippen LogP contribution in [0.1, 0.15) is 26.2 Å². The van der Waals surface area contributed by atoms with Gasteiger partial charge in [0, 0.05) is 0 Å². The first-order valence-corrected chi connectivity index (χ1v) is 8.88. The molecule has 15 heavy (non-hydrogen) atoms. The molecule has 0 radical (unpaired) electrons. The Balaban J connectivity index is 2.06. The quantitative estimate of drug-likeness (QED) is 0.258. The van der Waals surface area contributed by atoms with Gasteiger partial charge in [-0.1, -0.05) is 0 Å². The van der Waals surface area contributed by atoms with E-state index >= 15 is 0 Å². The van der Waals surface area contributed by atoms with Crippen molar-refractivity contribution in [3.05, 3.63) is 0 Å². The Bertz CT molecular complexity index is 303. The summed E-state index contributed by atoms with van der Waals surface area (Å²) in [5.74, 6) is -0.161. The van der Waals surface area contributed by atoms with Crippen LogP contribution >= 0.6 is 6.11 Å². The van der Waals surface area contributed by atoms with Crippen LogP contribution in [-0.4, -0.2) is 44.9 Å². The van der Waals surface area contributed by atoms with E-state index in [0.29, 0.717) is 6.61 Å². The molecule has 0 amide bonds. The van der Waals surface area contributed by atoms with Crippen LogP contribution in [0.2, 0.25) is 0 Å². The van der Waals surface area contributed by atoms with Crippen molar-refractivity contribution in [3.8, 4) is 0 Å². The third-order valence-corrected chi connectivity index (χ3v) is 6.15. The summed E-state index contributed by atoms with van der Waals surface area (Å²) in [4.78, 5) is 11.7. The van der Waals surface area contributed by atoms with Crippen LogP contribution in [0.15, 0.2) is 0 Å². The van der Waals surface area contributed by atoms with Gasteiger partial charge in [-0.15, -0.1) is 0 Å². The van der Waals surface area contributed by atoms with Crippen LogP contribution in [0.25, 0.3) is 0 Å². The number of esters is 1. The van der Waals surface area contributed by atoms with E-state index in [9.17, 15) is 4.79 Å². The molecular weight excluding hydrogens is 284 g/mol. The molecule has 1 unspecified atom stereocenters. The van der Waals surface area contributed by atoms with Gasteiger partial charge >= 0.3 is 96.1 Å². The second kappa shape index (κ2) is 4.66. The molecular formula is C8H14NO4PSe. The summed E-state index contributed by atoms with van der Waals surface area (Å²) in [6.07, 6.45) is 0.992. The minimum atomic E-state index is -1.97. The van der Waals surface area contributed by atoms with E-state index in [4.69, 9.17) is 14.1 Å². The van der Waals surface area contributed by atoms with E-state index in [-0.39, 0.29) is 12.0 Å². The van der Waals surface area contributed by atoms with Gasteiger partial charge < -0.3 is 0 Å². The van der Waals surface area contributed by atoms with Crippen molar-refractivity contribution in [2.75, 3.05) is 13.2 Å². The molecule has 0 aromatic rings. The zero-order valence-corrected chi connectivity index (χ0v) is 11.2. The van der Waals surface area contributed by atoms with Gasteiger partial charge in [-0.2, -0.15) is 0 Å². The SMILES string of the molecule is CCOC(=O)C1CCCCN1P1(=[Se])OO1. The molecule has 5 nitrogen and oxygen atoms in total. The summed E-state index contributed by atoms with van der Waals surface area (Å²) in [5, 5.41) is 0. The third-order valence-electron chi connectivity index (χ3n) is 2.55. The molecule has 2 aliphatic rings.